The van der Waals surface area contributed by atoms with Crippen molar-refractivity contribution in [3.8, 4) is 28.4 Å². The molecule has 114 valence electrons. The van der Waals surface area contributed by atoms with E-state index < -0.39 is 0 Å². The van der Waals surface area contributed by atoms with E-state index in [1.54, 1.807) is 6.07 Å². The van der Waals surface area contributed by atoms with Crippen LogP contribution in [0, 0.1) is 6.92 Å². The molecule has 0 atom stereocenters. The summed E-state index contributed by atoms with van der Waals surface area (Å²) >= 11 is 0. The lowest BCUT2D eigenvalue weighted by Gasteiger charge is -2.46. The third-order valence-corrected chi connectivity index (χ3v) is 5.15. The van der Waals surface area contributed by atoms with Gasteiger partial charge in [-0.05, 0) is 67.5 Å². The summed E-state index contributed by atoms with van der Waals surface area (Å²) in [7, 11) is 0. The van der Waals surface area contributed by atoms with Crippen molar-refractivity contribution in [3.05, 3.63) is 41.0 Å². The van der Waals surface area contributed by atoms with Gasteiger partial charge in [0, 0.05) is 17.2 Å². The van der Waals surface area contributed by atoms with Crippen LogP contribution in [0.25, 0.3) is 11.1 Å². The molecule has 2 aromatic rings. The summed E-state index contributed by atoms with van der Waals surface area (Å²) in [6, 6.07) is 7.68. The smallest absolute Gasteiger partial charge is 0.135 e. The van der Waals surface area contributed by atoms with Crippen LogP contribution >= 0.6 is 0 Å². The third kappa shape index (κ3) is 1.68. The number of phenols is 2. The summed E-state index contributed by atoms with van der Waals surface area (Å²) < 4.78 is 6.29. The molecular formula is C19H20O3. The molecule has 1 fully saturated rings. The van der Waals surface area contributed by atoms with Gasteiger partial charge in [-0.2, -0.15) is 0 Å². The Hall–Kier alpha value is -2.16. The zero-order chi connectivity index (χ0) is 15.5. The Labute approximate surface area is 130 Å². The van der Waals surface area contributed by atoms with E-state index in [1.807, 2.05) is 32.0 Å². The molecule has 0 radical (unpaired) electrons. The molecule has 0 saturated heterocycles. The van der Waals surface area contributed by atoms with Crippen molar-refractivity contribution in [3.63, 3.8) is 0 Å². The zero-order valence-electron chi connectivity index (χ0n) is 12.9. The molecule has 3 heteroatoms. The van der Waals surface area contributed by atoms with Crippen LogP contribution in [0.1, 0.15) is 42.9 Å². The summed E-state index contributed by atoms with van der Waals surface area (Å²) in [4.78, 5) is 0. The molecule has 0 aromatic heterocycles. The van der Waals surface area contributed by atoms with E-state index in [-0.39, 0.29) is 5.60 Å². The van der Waals surface area contributed by atoms with Crippen LogP contribution in [0.15, 0.2) is 24.3 Å². The molecule has 3 nitrogen and oxygen atoms in total. The monoisotopic (exact) mass is 296 g/mol. The molecule has 0 amide bonds. The molecule has 1 spiro atoms. The first-order chi connectivity index (χ1) is 10.5. The standard InChI is InChI=1S/C19H20O3/c1-3-12-8-14-13-7-11(2)16(20)9-15(13)19(5-4-6-19)22-18(14)10-17(12)21/h7-10,20-21H,3-6H2,1-2H3. The first kappa shape index (κ1) is 13.5. The molecule has 0 unspecified atom stereocenters. The van der Waals surface area contributed by atoms with E-state index >= 15 is 0 Å². The second-order valence-corrected chi connectivity index (χ2v) is 6.46. The molecule has 1 aliphatic carbocycles. The molecule has 22 heavy (non-hydrogen) atoms. The van der Waals surface area contributed by atoms with E-state index in [9.17, 15) is 10.2 Å². The number of phenolic OH excluding ortho intramolecular Hbond substituents is 2. The van der Waals surface area contributed by atoms with Gasteiger partial charge in [-0.1, -0.05) is 6.92 Å². The van der Waals surface area contributed by atoms with E-state index in [0.717, 1.165) is 59.3 Å². The highest BCUT2D eigenvalue weighted by Gasteiger charge is 2.46. The van der Waals surface area contributed by atoms with Crippen LogP contribution in [-0.4, -0.2) is 10.2 Å². The molecule has 0 bridgehead atoms. The molecule has 1 heterocycles. The molecule has 2 N–H and O–H groups in total. The maximum absolute atomic E-state index is 10.2. The molecule has 1 saturated carbocycles. The number of aromatic hydroxyl groups is 2. The Kier molecular flexibility index (Phi) is 2.71. The number of hydrogen-bond donors (Lipinski definition) is 2. The molecule has 2 aromatic carbocycles. The summed E-state index contributed by atoms with van der Waals surface area (Å²) in [6.07, 6.45) is 3.82. The minimum atomic E-state index is -0.326. The van der Waals surface area contributed by atoms with E-state index in [2.05, 4.69) is 0 Å². The topological polar surface area (TPSA) is 49.7 Å². The Bertz CT molecular complexity index is 773. The van der Waals surface area contributed by atoms with E-state index in [1.165, 1.54) is 0 Å². The van der Waals surface area contributed by atoms with Crippen molar-refractivity contribution in [2.45, 2.75) is 45.1 Å². The molecule has 4 rings (SSSR count). The van der Waals surface area contributed by atoms with Gasteiger partial charge in [-0.15, -0.1) is 0 Å². The van der Waals surface area contributed by atoms with Gasteiger partial charge in [0.1, 0.15) is 22.8 Å². The van der Waals surface area contributed by atoms with Crippen molar-refractivity contribution in [1.82, 2.24) is 0 Å². The number of benzene rings is 2. The SMILES string of the molecule is CCc1cc2c(cc1O)OC1(CCC1)c1cc(O)c(C)cc1-2. The second kappa shape index (κ2) is 4.42. The highest BCUT2D eigenvalue weighted by Crippen LogP contribution is 2.55. The normalized spacial score (nSPS) is 17.4. The van der Waals surface area contributed by atoms with Crippen molar-refractivity contribution >= 4 is 0 Å². The quantitative estimate of drug-likeness (QED) is 0.819. The van der Waals surface area contributed by atoms with Gasteiger partial charge in [-0.3, -0.25) is 0 Å². The summed E-state index contributed by atoms with van der Waals surface area (Å²) in [6.45, 7) is 3.95. The first-order valence-corrected chi connectivity index (χ1v) is 7.93. The summed E-state index contributed by atoms with van der Waals surface area (Å²) in [5.74, 6) is 1.38. The van der Waals surface area contributed by atoms with Crippen molar-refractivity contribution in [2.75, 3.05) is 0 Å². The average molecular weight is 296 g/mol. The van der Waals surface area contributed by atoms with Crippen LogP contribution in [0.3, 0.4) is 0 Å². The van der Waals surface area contributed by atoms with Gasteiger partial charge < -0.3 is 14.9 Å². The Morgan fingerprint density at radius 3 is 2.45 bits per heavy atom. The van der Waals surface area contributed by atoms with Crippen molar-refractivity contribution in [2.24, 2.45) is 0 Å². The number of aryl methyl sites for hydroxylation is 2. The van der Waals surface area contributed by atoms with Gasteiger partial charge >= 0.3 is 0 Å². The van der Waals surface area contributed by atoms with Crippen molar-refractivity contribution in [1.29, 1.82) is 0 Å². The Morgan fingerprint density at radius 2 is 1.82 bits per heavy atom. The highest BCUT2D eigenvalue weighted by molar-refractivity contribution is 5.80. The molecule has 2 aliphatic rings. The molecule has 1 aliphatic heterocycles. The average Bonchev–Trinajstić information content (AvgIpc) is 2.45. The summed E-state index contributed by atoms with van der Waals surface area (Å²) in [5.41, 5.74) is 4.70. The van der Waals surface area contributed by atoms with Crippen LogP contribution in [0.4, 0.5) is 0 Å². The minimum absolute atomic E-state index is 0.301. The fourth-order valence-corrected chi connectivity index (χ4v) is 3.62. The predicted octanol–water partition coefficient (Wildman–Crippen LogP) is 4.41. The van der Waals surface area contributed by atoms with Crippen molar-refractivity contribution < 1.29 is 14.9 Å². The van der Waals surface area contributed by atoms with Crippen LogP contribution in [0.5, 0.6) is 17.2 Å². The number of fused-ring (bicyclic) bond motifs is 4. The number of rotatable bonds is 1. The minimum Gasteiger partial charge on any atom is -0.508 e. The van der Waals surface area contributed by atoms with E-state index in [4.69, 9.17) is 4.74 Å². The lowest BCUT2D eigenvalue weighted by atomic mass is 9.70. The fourth-order valence-electron chi connectivity index (χ4n) is 3.62. The number of ether oxygens (including phenoxy) is 1. The lowest BCUT2D eigenvalue weighted by Crippen LogP contribution is -2.42. The molecular weight excluding hydrogens is 276 g/mol. The fraction of sp³-hybridized carbons (Fsp3) is 0.368. The lowest BCUT2D eigenvalue weighted by molar-refractivity contribution is -0.0147. The maximum Gasteiger partial charge on any atom is 0.135 e. The van der Waals surface area contributed by atoms with Crippen LogP contribution in [-0.2, 0) is 12.0 Å². The summed E-state index contributed by atoms with van der Waals surface area (Å²) in [5, 5.41) is 20.3. The zero-order valence-corrected chi connectivity index (χ0v) is 12.9. The largest absolute Gasteiger partial charge is 0.508 e. The van der Waals surface area contributed by atoms with E-state index in [0.29, 0.717) is 11.5 Å². The Morgan fingerprint density at radius 1 is 1.05 bits per heavy atom. The maximum atomic E-state index is 10.2. The highest BCUT2D eigenvalue weighted by atomic mass is 16.5. The van der Waals surface area contributed by atoms with Crippen LogP contribution < -0.4 is 4.74 Å². The third-order valence-electron chi connectivity index (χ3n) is 5.15. The second-order valence-electron chi connectivity index (χ2n) is 6.46. The van der Waals surface area contributed by atoms with Gasteiger partial charge in [0.2, 0.25) is 0 Å². The first-order valence-electron chi connectivity index (χ1n) is 7.93. The van der Waals surface area contributed by atoms with Gasteiger partial charge in [-0.25, -0.2) is 0 Å². The van der Waals surface area contributed by atoms with Gasteiger partial charge in [0.05, 0.1) is 0 Å². The predicted molar refractivity (Wildman–Crippen MR) is 85.5 cm³/mol. The number of hydrogen-bond acceptors (Lipinski definition) is 3. The Balaban J connectivity index is 2.01. The van der Waals surface area contributed by atoms with Crippen LogP contribution in [0.2, 0.25) is 0 Å². The van der Waals surface area contributed by atoms with Gasteiger partial charge in [0.25, 0.3) is 0 Å². The van der Waals surface area contributed by atoms with Gasteiger partial charge in [0.15, 0.2) is 0 Å².